The average Bonchev–Trinajstić information content (AvgIpc) is 3.17. The topological polar surface area (TPSA) is 0 Å². The first-order valence-corrected chi connectivity index (χ1v) is 11.6. The van der Waals surface area contributed by atoms with Crippen LogP contribution in [0.25, 0.3) is 12.2 Å². The molecule has 0 heterocycles. The summed E-state index contributed by atoms with van der Waals surface area (Å²) in [5.41, 5.74) is 6.97. The van der Waals surface area contributed by atoms with Crippen molar-refractivity contribution in [3.8, 4) is 0 Å². The Balaban J connectivity index is 0.00000256. The molecule has 0 nitrogen and oxygen atoms in total. The molecule has 2 aliphatic rings. The van der Waals surface area contributed by atoms with Crippen molar-refractivity contribution in [1.82, 2.24) is 0 Å². The van der Waals surface area contributed by atoms with Gasteiger partial charge in [0.15, 0.2) is 0 Å². The summed E-state index contributed by atoms with van der Waals surface area (Å²) in [7, 11) is 0. The van der Waals surface area contributed by atoms with E-state index in [2.05, 4.69) is 88.4 Å². The largest absolute Gasteiger partial charge is 0.108 e. The fourth-order valence-corrected chi connectivity index (χ4v) is 6.51. The van der Waals surface area contributed by atoms with Gasteiger partial charge in [0.2, 0.25) is 0 Å². The molecule has 2 unspecified atom stereocenters. The Morgan fingerprint density at radius 1 is 0.700 bits per heavy atom. The van der Waals surface area contributed by atoms with E-state index in [4.69, 9.17) is 23.2 Å². The Bertz CT molecular complexity index is 924. The Morgan fingerprint density at radius 2 is 1.07 bits per heavy atom. The number of halogens is 2. The number of alkyl halides is 2. The van der Waals surface area contributed by atoms with Crippen molar-refractivity contribution in [2.24, 2.45) is 5.41 Å². The Kier molecular flexibility index (Phi) is 6.99. The van der Waals surface area contributed by atoms with Crippen LogP contribution in [0.1, 0.15) is 75.6 Å². The first-order chi connectivity index (χ1) is 13.8. The van der Waals surface area contributed by atoms with Gasteiger partial charge in [0.1, 0.15) is 0 Å². The van der Waals surface area contributed by atoms with Crippen molar-refractivity contribution >= 4 is 35.4 Å². The third kappa shape index (κ3) is 3.18. The van der Waals surface area contributed by atoms with Crippen LogP contribution in [0.5, 0.6) is 0 Å². The van der Waals surface area contributed by atoms with Gasteiger partial charge in [0.25, 0.3) is 0 Å². The van der Waals surface area contributed by atoms with Crippen LogP contribution in [0.15, 0.2) is 59.7 Å². The first-order valence-electron chi connectivity index (χ1n) is 10.8. The summed E-state index contributed by atoms with van der Waals surface area (Å²) in [5.74, 6) is 0. The smallest absolute Gasteiger partial charge is 0.0987 e. The monoisotopic (exact) mass is 514 g/mol. The van der Waals surface area contributed by atoms with Crippen LogP contribution in [0.4, 0.5) is 0 Å². The molecule has 0 amide bonds. The molecule has 2 aliphatic carbocycles. The minimum atomic E-state index is -0.647. The zero-order valence-electron chi connectivity index (χ0n) is 18.4. The van der Waals surface area contributed by atoms with Crippen LogP contribution >= 0.6 is 23.2 Å². The maximum Gasteiger partial charge on any atom is 0.0987 e. The van der Waals surface area contributed by atoms with Crippen molar-refractivity contribution in [2.45, 2.75) is 63.1 Å². The first kappa shape index (κ1) is 24.0. The second-order valence-corrected chi connectivity index (χ2v) is 10.1. The molecule has 2 aromatic rings. The van der Waals surface area contributed by atoms with Crippen LogP contribution in [-0.4, -0.2) is 0 Å². The molecule has 0 aliphatic heterocycles. The summed E-state index contributed by atoms with van der Waals surface area (Å²) < 4.78 is 0. The summed E-state index contributed by atoms with van der Waals surface area (Å²) in [6.45, 7) is 8.98. The molecular formula is C27H30Cl2Zr. The molecule has 30 heavy (non-hydrogen) atoms. The molecule has 0 bridgehead atoms. The van der Waals surface area contributed by atoms with Crippen LogP contribution in [0.3, 0.4) is 0 Å². The standard InChI is InChI=1S/C27H30Cl2.Zr/c1-5-11-21-17-19-13-7-9-15-23(19)26(21,28)25(3,4)27(29)22(12-6-2)18-20-14-8-10-16-24(20)27;/h7-10,13-18H,5-6,11-12H2,1-4H3;. The summed E-state index contributed by atoms with van der Waals surface area (Å²) in [6.07, 6.45) is 8.68. The number of allylic oxidation sites excluding steroid dienone is 2. The molecule has 156 valence electrons. The van der Waals surface area contributed by atoms with Crippen LogP contribution in [-0.2, 0) is 36.0 Å². The van der Waals surface area contributed by atoms with Crippen molar-refractivity contribution in [3.63, 3.8) is 0 Å². The summed E-state index contributed by atoms with van der Waals surface area (Å²) in [4.78, 5) is -1.29. The van der Waals surface area contributed by atoms with Crippen LogP contribution in [0.2, 0.25) is 0 Å². The number of hydrogen-bond donors (Lipinski definition) is 0. The number of rotatable bonds is 6. The molecule has 2 aromatic carbocycles. The van der Waals surface area contributed by atoms with Gasteiger partial charge in [-0.25, -0.2) is 0 Å². The third-order valence-corrected chi connectivity index (χ3v) is 8.81. The van der Waals surface area contributed by atoms with Gasteiger partial charge in [0.05, 0.1) is 9.75 Å². The average molecular weight is 517 g/mol. The van der Waals surface area contributed by atoms with E-state index in [1.165, 1.54) is 33.4 Å². The summed E-state index contributed by atoms with van der Waals surface area (Å²) >= 11 is 15.5. The van der Waals surface area contributed by atoms with Gasteiger partial charge in [0, 0.05) is 31.6 Å². The maximum absolute atomic E-state index is 7.76. The number of fused-ring (bicyclic) bond motifs is 2. The quantitative estimate of drug-likeness (QED) is 0.337. The maximum atomic E-state index is 7.76. The number of benzene rings is 2. The Labute approximate surface area is 210 Å². The zero-order valence-corrected chi connectivity index (χ0v) is 22.3. The molecule has 0 saturated heterocycles. The van der Waals surface area contributed by atoms with Gasteiger partial charge in [-0.15, -0.1) is 23.2 Å². The second-order valence-electron chi connectivity index (χ2n) is 8.96. The minimum Gasteiger partial charge on any atom is -0.108 e. The van der Waals surface area contributed by atoms with Crippen molar-refractivity contribution in [1.29, 1.82) is 0 Å². The molecule has 0 radical (unpaired) electrons. The molecule has 4 rings (SSSR count). The number of hydrogen-bond acceptors (Lipinski definition) is 0. The van der Waals surface area contributed by atoms with E-state index in [1.54, 1.807) is 0 Å². The second kappa shape index (κ2) is 8.73. The van der Waals surface area contributed by atoms with Gasteiger partial charge in [-0.2, -0.15) is 0 Å². The zero-order chi connectivity index (χ0) is 20.9. The molecule has 0 spiro atoms. The molecule has 2 atom stereocenters. The van der Waals surface area contributed by atoms with Crippen LogP contribution in [0, 0.1) is 5.41 Å². The van der Waals surface area contributed by atoms with E-state index < -0.39 is 15.2 Å². The fraction of sp³-hybridized carbons (Fsp3) is 0.407. The van der Waals surface area contributed by atoms with Crippen LogP contribution < -0.4 is 0 Å². The van der Waals surface area contributed by atoms with E-state index in [9.17, 15) is 0 Å². The summed E-state index contributed by atoms with van der Waals surface area (Å²) in [5, 5.41) is 0. The fourth-order valence-electron chi connectivity index (χ4n) is 5.53. The van der Waals surface area contributed by atoms with Gasteiger partial charge < -0.3 is 0 Å². The normalized spacial score (nSPS) is 24.6. The predicted molar refractivity (Wildman–Crippen MR) is 127 cm³/mol. The van der Waals surface area contributed by atoms with E-state index in [0.29, 0.717) is 0 Å². The minimum absolute atomic E-state index is 0. The molecule has 0 saturated carbocycles. The van der Waals surface area contributed by atoms with Crippen molar-refractivity contribution < 1.29 is 26.2 Å². The van der Waals surface area contributed by atoms with E-state index in [1.807, 2.05) is 0 Å². The predicted octanol–water partition coefficient (Wildman–Crippen LogP) is 8.67. The van der Waals surface area contributed by atoms with Crippen molar-refractivity contribution in [3.05, 3.63) is 81.9 Å². The van der Waals surface area contributed by atoms with E-state index in [0.717, 1.165) is 25.7 Å². The molecule has 3 heteroatoms. The third-order valence-electron chi connectivity index (χ3n) is 6.97. The van der Waals surface area contributed by atoms with Gasteiger partial charge in [-0.3, -0.25) is 0 Å². The Morgan fingerprint density at radius 3 is 1.43 bits per heavy atom. The van der Waals surface area contributed by atoms with Gasteiger partial charge in [-0.1, -0.05) is 101 Å². The van der Waals surface area contributed by atoms with Crippen molar-refractivity contribution in [2.75, 3.05) is 0 Å². The van der Waals surface area contributed by atoms with E-state index in [-0.39, 0.29) is 26.2 Å². The molecule has 0 N–H and O–H groups in total. The SMILES string of the molecule is CCCC1=Cc2ccccc2C1(Cl)C(C)(C)C1(Cl)C(CCC)=Cc2ccccc21.[Zr]. The summed E-state index contributed by atoms with van der Waals surface area (Å²) in [6, 6.07) is 17.1. The Hall–Kier alpha value is -0.617. The van der Waals surface area contributed by atoms with Gasteiger partial charge in [-0.05, 0) is 46.2 Å². The molecular weight excluding hydrogens is 486 g/mol. The molecule has 0 aromatic heterocycles. The molecule has 0 fully saturated rings. The van der Waals surface area contributed by atoms with Gasteiger partial charge >= 0.3 is 0 Å². The van der Waals surface area contributed by atoms with E-state index >= 15 is 0 Å².